The van der Waals surface area contributed by atoms with Gasteiger partial charge in [0.2, 0.25) is 0 Å². The fraction of sp³-hybridized carbons (Fsp3) is 0.421. The third-order valence-corrected chi connectivity index (χ3v) is 3.88. The number of alkyl carbamates (subject to hydrolysis) is 1. The molecule has 0 saturated heterocycles. The number of hydrogen-bond acceptors (Lipinski definition) is 3. The summed E-state index contributed by atoms with van der Waals surface area (Å²) in [4.78, 5) is 11.7. The largest absolute Gasteiger partial charge is 0.490 e. The third kappa shape index (κ3) is 4.16. The van der Waals surface area contributed by atoms with Gasteiger partial charge in [-0.15, -0.1) is 0 Å². The number of carbonyl (C=O) groups excluding carboxylic acids is 1. The van der Waals surface area contributed by atoms with Gasteiger partial charge in [-0.05, 0) is 55.8 Å². The molecule has 1 amide bonds. The number of hydrogen-bond donors (Lipinski definition) is 1. The van der Waals surface area contributed by atoms with Crippen LogP contribution in [0.5, 0.6) is 5.75 Å². The van der Waals surface area contributed by atoms with E-state index in [9.17, 15) is 9.18 Å². The van der Waals surface area contributed by atoms with Crippen LogP contribution in [0.25, 0.3) is 10.8 Å². The van der Waals surface area contributed by atoms with Crippen LogP contribution in [0.1, 0.15) is 33.6 Å². The predicted molar refractivity (Wildman–Crippen MR) is 90.7 cm³/mol. The van der Waals surface area contributed by atoms with Crippen molar-refractivity contribution in [2.45, 2.75) is 51.4 Å². The van der Waals surface area contributed by atoms with Crippen LogP contribution in [0.15, 0.2) is 36.4 Å². The second-order valence-electron chi connectivity index (χ2n) is 7.27. The molecule has 0 bridgehead atoms. The van der Waals surface area contributed by atoms with Crippen LogP contribution in [0, 0.1) is 5.82 Å². The molecule has 24 heavy (non-hydrogen) atoms. The Balaban J connectivity index is 1.51. The Bertz CT molecular complexity index is 748. The molecule has 4 nitrogen and oxygen atoms in total. The highest BCUT2D eigenvalue weighted by molar-refractivity contribution is 5.83. The smallest absolute Gasteiger partial charge is 0.407 e. The standard InChI is InChI=1S/C19H22FNO3/c1-19(2,3)21-18(22)24-17-10-16(11-17)23-15-7-5-12-4-6-14(20)8-13(12)9-15/h4-9,16-17H,10-11H2,1-3H3,(H,21,22). The summed E-state index contributed by atoms with van der Waals surface area (Å²) >= 11 is 0. The second kappa shape index (κ2) is 6.30. The maximum absolute atomic E-state index is 13.3. The zero-order valence-electron chi connectivity index (χ0n) is 14.1. The highest BCUT2D eigenvalue weighted by atomic mass is 19.1. The summed E-state index contributed by atoms with van der Waals surface area (Å²) in [5.74, 6) is 0.442. The average Bonchev–Trinajstić information content (AvgIpc) is 2.42. The molecule has 2 aromatic rings. The Morgan fingerprint density at radius 3 is 2.50 bits per heavy atom. The number of benzene rings is 2. The maximum atomic E-state index is 13.3. The lowest BCUT2D eigenvalue weighted by atomic mass is 9.92. The highest BCUT2D eigenvalue weighted by Crippen LogP contribution is 2.30. The Hall–Kier alpha value is -2.30. The molecule has 0 aromatic heterocycles. The quantitative estimate of drug-likeness (QED) is 0.906. The van der Waals surface area contributed by atoms with E-state index in [2.05, 4.69) is 5.32 Å². The summed E-state index contributed by atoms with van der Waals surface area (Å²) in [5.41, 5.74) is -0.308. The molecule has 128 valence electrons. The lowest BCUT2D eigenvalue weighted by molar-refractivity contribution is -0.0243. The first kappa shape index (κ1) is 16.6. The van der Waals surface area contributed by atoms with Gasteiger partial charge < -0.3 is 14.8 Å². The van der Waals surface area contributed by atoms with Crippen molar-refractivity contribution in [1.82, 2.24) is 5.32 Å². The van der Waals surface area contributed by atoms with Gasteiger partial charge in [0.1, 0.15) is 23.8 Å². The molecule has 0 radical (unpaired) electrons. The lowest BCUT2D eigenvalue weighted by Crippen LogP contribution is -2.46. The van der Waals surface area contributed by atoms with Crippen LogP contribution in [0.3, 0.4) is 0 Å². The van der Waals surface area contributed by atoms with E-state index >= 15 is 0 Å². The van der Waals surface area contributed by atoms with Crippen molar-refractivity contribution in [3.05, 3.63) is 42.2 Å². The molecule has 3 rings (SSSR count). The first-order valence-electron chi connectivity index (χ1n) is 8.13. The van der Waals surface area contributed by atoms with Crippen LogP contribution in [-0.4, -0.2) is 23.8 Å². The van der Waals surface area contributed by atoms with E-state index in [0.29, 0.717) is 18.6 Å². The number of carbonyl (C=O) groups is 1. The highest BCUT2D eigenvalue weighted by Gasteiger charge is 2.34. The molecule has 2 aromatic carbocycles. The minimum atomic E-state index is -0.396. The molecule has 0 atom stereocenters. The van der Waals surface area contributed by atoms with Gasteiger partial charge in [0, 0.05) is 18.4 Å². The Morgan fingerprint density at radius 2 is 1.79 bits per heavy atom. The number of halogens is 1. The lowest BCUT2D eigenvalue weighted by Gasteiger charge is -2.35. The molecule has 1 N–H and O–H groups in total. The minimum Gasteiger partial charge on any atom is -0.490 e. The molecule has 0 unspecified atom stereocenters. The molecular weight excluding hydrogens is 309 g/mol. The molecule has 0 spiro atoms. The van der Waals surface area contributed by atoms with E-state index in [1.165, 1.54) is 12.1 Å². The van der Waals surface area contributed by atoms with Gasteiger partial charge in [-0.2, -0.15) is 0 Å². The van der Waals surface area contributed by atoms with Crippen molar-refractivity contribution in [2.24, 2.45) is 0 Å². The number of nitrogens with one attached hydrogen (secondary N) is 1. The van der Waals surface area contributed by atoms with Crippen LogP contribution >= 0.6 is 0 Å². The summed E-state index contributed by atoms with van der Waals surface area (Å²) in [6, 6.07) is 10.3. The van der Waals surface area contributed by atoms with Crippen molar-refractivity contribution in [2.75, 3.05) is 0 Å². The number of ether oxygens (including phenoxy) is 2. The van der Waals surface area contributed by atoms with Crippen LogP contribution in [0.4, 0.5) is 9.18 Å². The van der Waals surface area contributed by atoms with Crippen LogP contribution < -0.4 is 10.1 Å². The van der Waals surface area contributed by atoms with Crippen molar-refractivity contribution < 1.29 is 18.7 Å². The molecule has 1 fully saturated rings. The molecular formula is C19H22FNO3. The Kier molecular flexibility index (Phi) is 4.35. The third-order valence-electron chi connectivity index (χ3n) is 3.88. The summed E-state index contributed by atoms with van der Waals surface area (Å²) in [5, 5.41) is 4.55. The zero-order chi connectivity index (χ0) is 17.3. The second-order valence-corrected chi connectivity index (χ2v) is 7.27. The summed E-state index contributed by atoms with van der Waals surface area (Å²) in [6.45, 7) is 5.72. The van der Waals surface area contributed by atoms with E-state index in [-0.39, 0.29) is 23.6 Å². The van der Waals surface area contributed by atoms with E-state index in [4.69, 9.17) is 9.47 Å². The molecule has 0 heterocycles. The van der Waals surface area contributed by atoms with Crippen molar-refractivity contribution in [3.63, 3.8) is 0 Å². The molecule has 5 heteroatoms. The zero-order valence-corrected chi connectivity index (χ0v) is 14.1. The first-order valence-corrected chi connectivity index (χ1v) is 8.13. The van der Waals surface area contributed by atoms with Gasteiger partial charge in [0.25, 0.3) is 0 Å². The normalized spacial score (nSPS) is 20.3. The molecule has 1 saturated carbocycles. The minimum absolute atomic E-state index is 0.0171. The molecule has 0 aliphatic heterocycles. The van der Waals surface area contributed by atoms with Crippen LogP contribution in [0.2, 0.25) is 0 Å². The number of rotatable bonds is 3. The van der Waals surface area contributed by atoms with Gasteiger partial charge in [0.05, 0.1) is 0 Å². The Labute approximate surface area is 140 Å². The fourth-order valence-electron chi connectivity index (χ4n) is 2.66. The van der Waals surface area contributed by atoms with Crippen LogP contribution in [-0.2, 0) is 4.74 Å². The maximum Gasteiger partial charge on any atom is 0.407 e. The van der Waals surface area contributed by atoms with Gasteiger partial charge >= 0.3 is 6.09 Å². The van der Waals surface area contributed by atoms with E-state index in [0.717, 1.165) is 10.8 Å². The van der Waals surface area contributed by atoms with Crippen molar-refractivity contribution in [1.29, 1.82) is 0 Å². The van der Waals surface area contributed by atoms with Gasteiger partial charge in [-0.1, -0.05) is 12.1 Å². The Morgan fingerprint density at radius 1 is 1.08 bits per heavy atom. The van der Waals surface area contributed by atoms with Crippen molar-refractivity contribution >= 4 is 16.9 Å². The SMILES string of the molecule is CC(C)(C)NC(=O)OC1CC(Oc2ccc3ccc(F)cc3c2)C1. The van der Waals surface area contributed by atoms with E-state index in [1.54, 1.807) is 6.07 Å². The summed E-state index contributed by atoms with van der Waals surface area (Å²) in [6.07, 6.45) is 0.836. The van der Waals surface area contributed by atoms with E-state index < -0.39 is 6.09 Å². The summed E-state index contributed by atoms with van der Waals surface area (Å²) < 4.78 is 24.5. The summed E-state index contributed by atoms with van der Waals surface area (Å²) in [7, 11) is 0. The molecule has 1 aliphatic carbocycles. The topological polar surface area (TPSA) is 47.6 Å². The number of amides is 1. The van der Waals surface area contributed by atoms with Gasteiger partial charge in [-0.3, -0.25) is 0 Å². The van der Waals surface area contributed by atoms with Gasteiger partial charge in [-0.25, -0.2) is 9.18 Å². The monoisotopic (exact) mass is 331 g/mol. The van der Waals surface area contributed by atoms with Crippen molar-refractivity contribution in [3.8, 4) is 5.75 Å². The predicted octanol–water partition coefficient (Wildman–Crippen LogP) is 4.41. The van der Waals surface area contributed by atoms with E-state index in [1.807, 2.05) is 39.0 Å². The number of fused-ring (bicyclic) bond motifs is 1. The van der Waals surface area contributed by atoms with Gasteiger partial charge in [0.15, 0.2) is 0 Å². The first-order chi connectivity index (χ1) is 11.3. The average molecular weight is 331 g/mol. The fourth-order valence-corrected chi connectivity index (χ4v) is 2.66. The molecule has 1 aliphatic rings.